The Labute approximate surface area is 91.1 Å². The Kier molecular flexibility index (Phi) is 8.21. The summed E-state index contributed by atoms with van der Waals surface area (Å²) in [6, 6.07) is -2.08. The average Bonchev–Trinajstić information content (AvgIpc) is 1.61. The maximum atomic E-state index is 9.66. The van der Waals surface area contributed by atoms with E-state index in [1.165, 1.54) is 0 Å². The zero-order chi connectivity index (χ0) is 6.57. The fraction of sp³-hybridized carbons (Fsp3) is 0. The molecule has 0 unspecified atom stereocenters. The van der Waals surface area contributed by atoms with Crippen LogP contribution < -0.4 is 11.5 Å². The molecular weight excluding hydrogens is 249 g/mol. The molecule has 7 heteroatoms. The van der Waals surface area contributed by atoms with E-state index in [1.807, 2.05) is 0 Å². The van der Waals surface area contributed by atoms with Gasteiger partial charge >= 0.3 is 60.9 Å². The molecule has 0 aromatic heterocycles. The van der Waals surface area contributed by atoms with E-state index in [9.17, 15) is 9.59 Å². The van der Waals surface area contributed by atoms with Crippen LogP contribution in [-0.4, -0.2) is 60.9 Å². The number of primary amides is 2. The van der Waals surface area contributed by atoms with E-state index < -0.39 is 12.1 Å². The Balaban J connectivity index is 0. The van der Waals surface area contributed by atoms with Gasteiger partial charge in [-0.1, -0.05) is 10.2 Å². The number of nitrogens with two attached hydrogens (primary N) is 2. The minimum atomic E-state index is -1.04. The number of hydrogen-bond acceptors (Lipinski definition) is 2. The third-order valence-corrected chi connectivity index (χ3v) is 0.247. The van der Waals surface area contributed by atoms with Gasteiger partial charge < -0.3 is 11.5 Å². The van der Waals surface area contributed by atoms with Crippen LogP contribution in [0.5, 0.6) is 0 Å². The molecule has 9 heavy (non-hydrogen) atoms. The van der Waals surface area contributed by atoms with E-state index >= 15 is 0 Å². The molecule has 0 aromatic rings. The number of nitrogens with zero attached hydrogens (tertiary/aromatic N) is 2. The van der Waals surface area contributed by atoms with Gasteiger partial charge in [0.05, 0.1) is 0 Å². The number of carbonyl (C=O) groups is 2. The zero-order valence-electron chi connectivity index (χ0n) is 3.87. The summed E-state index contributed by atoms with van der Waals surface area (Å²) < 4.78 is 0. The molecule has 0 atom stereocenters. The predicted octanol–water partition coefficient (Wildman–Crippen LogP) is -1.32. The van der Waals surface area contributed by atoms with Gasteiger partial charge in [0.1, 0.15) is 0 Å². The van der Waals surface area contributed by atoms with Crippen molar-refractivity contribution in [1.29, 1.82) is 0 Å². The van der Waals surface area contributed by atoms with Crippen LogP contribution in [0.25, 0.3) is 0 Å². The Hall–Kier alpha value is 0.111. The van der Waals surface area contributed by atoms with Crippen LogP contribution in [0.4, 0.5) is 9.59 Å². The van der Waals surface area contributed by atoms with Crippen molar-refractivity contribution >= 4 is 60.9 Å². The van der Waals surface area contributed by atoms with E-state index in [1.54, 1.807) is 0 Å². The summed E-state index contributed by atoms with van der Waals surface area (Å²) >= 11 is 0. The van der Waals surface area contributed by atoms with Crippen molar-refractivity contribution in [3.05, 3.63) is 0 Å². The molecule has 6 nitrogen and oxygen atoms in total. The number of urea groups is 2. The van der Waals surface area contributed by atoms with E-state index in [0.717, 1.165) is 0 Å². The van der Waals surface area contributed by atoms with Crippen molar-refractivity contribution in [1.82, 2.24) is 0 Å². The zero-order valence-corrected chi connectivity index (χ0v) is 3.87. The predicted molar refractivity (Wildman–Crippen MR) is 32.6 cm³/mol. The Morgan fingerprint density at radius 2 is 1.22 bits per heavy atom. The molecule has 0 heterocycles. The topological polar surface area (TPSA) is 111 Å². The molecule has 0 spiro atoms. The van der Waals surface area contributed by atoms with Crippen molar-refractivity contribution in [2.75, 3.05) is 0 Å². The van der Waals surface area contributed by atoms with Crippen LogP contribution in [-0.2, 0) is 0 Å². The van der Waals surface area contributed by atoms with Gasteiger partial charge in [-0.15, -0.1) is 0 Å². The van der Waals surface area contributed by atoms with E-state index in [2.05, 4.69) is 21.7 Å². The molecule has 48 valence electrons. The molecule has 0 radical (unpaired) electrons. The molecule has 4 N–H and O–H groups in total. The molecule has 0 aliphatic rings. The van der Waals surface area contributed by atoms with Crippen molar-refractivity contribution in [2.24, 2.45) is 21.7 Å². The van der Waals surface area contributed by atoms with Crippen molar-refractivity contribution in [3.8, 4) is 0 Å². The summed E-state index contributed by atoms with van der Waals surface area (Å²) in [5.41, 5.74) is 8.87. The molecule has 0 aromatic carbocycles. The van der Waals surface area contributed by atoms with Gasteiger partial charge in [0, 0.05) is 0 Å². The van der Waals surface area contributed by atoms with E-state index in [-0.39, 0.29) is 48.9 Å². The first kappa shape index (κ1) is 11.9. The maximum absolute atomic E-state index is 9.66. The van der Waals surface area contributed by atoms with Crippen LogP contribution in [0.15, 0.2) is 10.2 Å². The third-order valence-electron chi connectivity index (χ3n) is 0.247. The fourth-order valence-corrected chi connectivity index (χ4v) is 0.0986. The van der Waals surface area contributed by atoms with Crippen molar-refractivity contribution in [3.63, 3.8) is 0 Å². The second-order valence-electron chi connectivity index (χ2n) is 0.876. The SMILES string of the molecule is NC(=O)N=NC(N)=O.[BaH2]. The number of hydrogen-bond donors (Lipinski definition) is 2. The summed E-state index contributed by atoms with van der Waals surface area (Å²) in [4.78, 5) is 19.3. The first-order chi connectivity index (χ1) is 3.63. The van der Waals surface area contributed by atoms with Gasteiger partial charge in [-0.2, -0.15) is 0 Å². The summed E-state index contributed by atoms with van der Waals surface area (Å²) in [6.45, 7) is 0. The molecule has 4 amide bonds. The molecule has 0 rings (SSSR count). The van der Waals surface area contributed by atoms with Gasteiger partial charge in [0.15, 0.2) is 0 Å². The van der Waals surface area contributed by atoms with Crippen molar-refractivity contribution in [2.45, 2.75) is 0 Å². The molecule has 0 saturated carbocycles. The van der Waals surface area contributed by atoms with Crippen LogP contribution in [0.3, 0.4) is 0 Å². The molecule has 0 bridgehead atoms. The van der Waals surface area contributed by atoms with Gasteiger partial charge in [-0.05, 0) is 0 Å². The number of carbonyl (C=O) groups excluding carboxylic acids is 2. The summed E-state index contributed by atoms with van der Waals surface area (Å²) in [5.74, 6) is 0. The Morgan fingerprint density at radius 1 is 1.00 bits per heavy atom. The molecule has 0 saturated heterocycles. The van der Waals surface area contributed by atoms with Gasteiger partial charge in [-0.3, -0.25) is 0 Å². The molecule has 0 aliphatic heterocycles. The molecule has 0 fully saturated rings. The minimum absolute atomic E-state index is 0. The second-order valence-corrected chi connectivity index (χ2v) is 0.876. The van der Waals surface area contributed by atoms with E-state index in [0.29, 0.717) is 0 Å². The number of azo groups is 1. The second kappa shape index (κ2) is 6.23. The monoisotopic (exact) mass is 256 g/mol. The van der Waals surface area contributed by atoms with Crippen LogP contribution in [0.1, 0.15) is 0 Å². The van der Waals surface area contributed by atoms with Crippen LogP contribution in [0.2, 0.25) is 0 Å². The molecule has 0 aliphatic carbocycles. The van der Waals surface area contributed by atoms with Crippen molar-refractivity contribution < 1.29 is 9.59 Å². The van der Waals surface area contributed by atoms with Gasteiger partial charge in [-0.25, -0.2) is 9.59 Å². The summed E-state index contributed by atoms with van der Waals surface area (Å²) in [5, 5.41) is 5.23. The van der Waals surface area contributed by atoms with Crippen LogP contribution in [0, 0.1) is 0 Å². The summed E-state index contributed by atoms with van der Waals surface area (Å²) in [6.07, 6.45) is 0. The number of amides is 4. The normalized spacial score (nSPS) is 8.44. The summed E-state index contributed by atoms with van der Waals surface area (Å²) in [7, 11) is 0. The molecular formula is C2H6BaN4O2. The first-order valence-corrected chi connectivity index (χ1v) is 1.63. The standard InChI is InChI=1S/C2H4N4O2.Ba.2H/c3-1(7)5-6-2(4)8;;;/h(H2,3,7)(H2,4,8);;;. The quantitative estimate of drug-likeness (QED) is 0.413. The average molecular weight is 255 g/mol. The Bertz CT molecular complexity index is 128. The third kappa shape index (κ3) is 11.6. The number of rotatable bonds is 0. The Morgan fingerprint density at radius 3 is 1.33 bits per heavy atom. The van der Waals surface area contributed by atoms with Gasteiger partial charge in [0.2, 0.25) is 0 Å². The van der Waals surface area contributed by atoms with Gasteiger partial charge in [0.25, 0.3) is 0 Å². The van der Waals surface area contributed by atoms with E-state index in [4.69, 9.17) is 0 Å². The fourth-order valence-electron chi connectivity index (χ4n) is 0.0986. The van der Waals surface area contributed by atoms with Crippen LogP contribution >= 0.6 is 0 Å². The first-order valence-electron chi connectivity index (χ1n) is 1.63.